The summed E-state index contributed by atoms with van der Waals surface area (Å²) < 4.78 is 20.6. The molecule has 0 unspecified atom stereocenters. The third kappa shape index (κ3) is 7.47. The van der Waals surface area contributed by atoms with Crippen LogP contribution in [0.25, 0.3) is 33.0 Å². The van der Waals surface area contributed by atoms with Crippen molar-refractivity contribution in [2.45, 2.75) is 64.2 Å². The van der Waals surface area contributed by atoms with Gasteiger partial charge in [-0.2, -0.15) is 0 Å². The minimum absolute atomic E-state index is 0.250. The number of nitrogens with one attached hydrogen (secondary N) is 1. The molecule has 4 aromatic carbocycles. The van der Waals surface area contributed by atoms with E-state index in [1.807, 2.05) is 12.1 Å². The third-order valence-corrected chi connectivity index (χ3v) is 8.73. The van der Waals surface area contributed by atoms with Crippen LogP contribution >= 0.6 is 0 Å². The molecule has 0 aromatic heterocycles. The molecule has 1 fully saturated rings. The molecule has 1 aliphatic rings. The highest BCUT2D eigenvalue weighted by Crippen LogP contribution is 2.38. The van der Waals surface area contributed by atoms with Crippen LogP contribution in [0.15, 0.2) is 91.5 Å². The van der Waals surface area contributed by atoms with Crippen LogP contribution in [0.4, 0.5) is 4.39 Å². The molecular formula is C38H42FNO2. The van der Waals surface area contributed by atoms with E-state index in [1.54, 1.807) is 12.1 Å². The first kappa shape index (κ1) is 29.6. The van der Waals surface area contributed by atoms with Gasteiger partial charge in [0.2, 0.25) is 5.91 Å². The average Bonchev–Trinajstić information content (AvgIpc) is 3.03. The monoisotopic (exact) mass is 563 g/mol. The van der Waals surface area contributed by atoms with Crippen LogP contribution in [0.3, 0.4) is 0 Å². The number of amides is 1. The SMILES string of the molecule is C=CC(=O)NCCOc1ccc(-c2ccc3cc(-c4ccc(C5CCC(CCCCC)CC5)cc4)ccc3c2)c(F)c1. The zero-order chi connectivity index (χ0) is 29.3. The first-order valence-electron chi connectivity index (χ1n) is 15.5. The van der Waals surface area contributed by atoms with E-state index < -0.39 is 0 Å². The summed E-state index contributed by atoms with van der Waals surface area (Å²) in [5, 5.41) is 4.83. The Kier molecular flexibility index (Phi) is 10.1. The second kappa shape index (κ2) is 14.3. The molecule has 4 aromatic rings. The molecule has 0 aliphatic heterocycles. The van der Waals surface area contributed by atoms with Crippen LogP contribution in [-0.2, 0) is 4.79 Å². The predicted molar refractivity (Wildman–Crippen MR) is 172 cm³/mol. The van der Waals surface area contributed by atoms with Gasteiger partial charge in [0.05, 0.1) is 6.54 Å². The van der Waals surface area contributed by atoms with Gasteiger partial charge in [-0.05, 0) is 101 Å². The zero-order valence-electron chi connectivity index (χ0n) is 24.7. The molecule has 0 saturated heterocycles. The van der Waals surface area contributed by atoms with Crippen molar-refractivity contribution in [1.82, 2.24) is 5.32 Å². The Morgan fingerprint density at radius 1 is 0.881 bits per heavy atom. The van der Waals surface area contributed by atoms with E-state index in [-0.39, 0.29) is 18.3 Å². The highest BCUT2D eigenvalue weighted by atomic mass is 19.1. The molecule has 1 aliphatic carbocycles. The van der Waals surface area contributed by atoms with Crippen molar-refractivity contribution >= 4 is 16.7 Å². The van der Waals surface area contributed by atoms with Crippen LogP contribution in [0.5, 0.6) is 5.75 Å². The van der Waals surface area contributed by atoms with Crippen LogP contribution in [0, 0.1) is 11.7 Å². The van der Waals surface area contributed by atoms with Gasteiger partial charge in [-0.15, -0.1) is 0 Å². The van der Waals surface area contributed by atoms with Crippen LogP contribution in [-0.4, -0.2) is 19.1 Å². The highest BCUT2D eigenvalue weighted by molar-refractivity contribution is 5.91. The van der Waals surface area contributed by atoms with E-state index in [0.29, 0.717) is 23.8 Å². The van der Waals surface area contributed by atoms with E-state index in [1.165, 1.54) is 80.2 Å². The molecule has 0 atom stereocenters. The molecule has 0 radical (unpaired) electrons. The van der Waals surface area contributed by atoms with Crippen molar-refractivity contribution in [2.24, 2.45) is 5.92 Å². The predicted octanol–water partition coefficient (Wildman–Crippen LogP) is 9.85. The molecule has 1 N–H and O–H groups in total. The second-order valence-electron chi connectivity index (χ2n) is 11.6. The Morgan fingerprint density at radius 2 is 1.57 bits per heavy atom. The summed E-state index contributed by atoms with van der Waals surface area (Å²) in [5.41, 5.74) is 5.25. The fourth-order valence-corrected chi connectivity index (χ4v) is 6.24. The fraction of sp³-hybridized carbons (Fsp3) is 0.342. The van der Waals surface area contributed by atoms with E-state index in [2.05, 4.69) is 67.4 Å². The van der Waals surface area contributed by atoms with Gasteiger partial charge in [0.1, 0.15) is 18.2 Å². The molecule has 218 valence electrons. The number of ether oxygens (including phenoxy) is 1. The lowest BCUT2D eigenvalue weighted by molar-refractivity contribution is -0.116. The van der Waals surface area contributed by atoms with Crippen molar-refractivity contribution in [3.63, 3.8) is 0 Å². The average molecular weight is 564 g/mol. The van der Waals surface area contributed by atoms with Crippen molar-refractivity contribution in [3.05, 3.63) is 103 Å². The topological polar surface area (TPSA) is 38.3 Å². The lowest BCUT2D eigenvalue weighted by Crippen LogP contribution is -2.26. The molecule has 0 heterocycles. The van der Waals surface area contributed by atoms with Crippen molar-refractivity contribution in [1.29, 1.82) is 0 Å². The lowest BCUT2D eigenvalue weighted by Gasteiger charge is -2.29. The van der Waals surface area contributed by atoms with Crippen LogP contribution in [0.2, 0.25) is 0 Å². The zero-order valence-corrected chi connectivity index (χ0v) is 24.7. The van der Waals surface area contributed by atoms with Crippen molar-refractivity contribution < 1.29 is 13.9 Å². The number of halogens is 1. The first-order valence-corrected chi connectivity index (χ1v) is 15.5. The Morgan fingerprint density at radius 3 is 2.26 bits per heavy atom. The van der Waals surface area contributed by atoms with Gasteiger partial charge in [-0.3, -0.25) is 4.79 Å². The molecule has 42 heavy (non-hydrogen) atoms. The minimum Gasteiger partial charge on any atom is -0.492 e. The molecule has 1 amide bonds. The summed E-state index contributed by atoms with van der Waals surface area (Å²) in [5.74, 6) is 1.45. The largest absolute Gasteiger partial charge is 0.492 e. The quantitative estimate of drug-likeness (QED) is 0.138. The highest BCUT2D eigenvalue weighted by Gasteiger charge is 2.22. The number of fused-ring (bicyclic) bond motifs is 1. The summed E-state index contributed by atoms with van der Waals surface area (Å²) in [6, 6.07) is 26.6. The van der Waals surface area contributed by atoms with E-state index in [0.717, 1.165) is 22.3 Å². The minimum atomic E-state index is -0.344. The summed E-state index contributed by atoms with van der Waals surface area (Å²) in [6.07, 6.45) is 12.1. The molecule has 3 nitrogen and oxygen atoms in total. The molecule has 4 heteroatoms. The Labute approximate surface area is 249 Å². The van der Waals surface area contributed by atoms with Gasteiger partial charge >= 0.3 is 0 Å². The summed E-state index contributed by atoms with van der Waals surface area (Å²) >= 11 is 0. The number of hydrogen-bond donors (Lipinski definition) is 1. The smallest absolute Gasteiger partial charge is 0.243 e. The number of rotatable bonds is 12. The van der Waals surface area contributed by atoms with E-state index in [9.17, 15) is 9.18 Å². The number of benzene rings is 4. The van der Waals surface area contributed by atoms with Gasteiger partial charge in [-0.25, -0.2) is 4.39 Å². The number of carbonyl (C=O) groups excluding carboxylic acids is 1. The maximum Gasteiger partial charge on any atom is 0.243 e. The Bertz CT molecular complexity index is 1500. The van der Waals surface area contributed by atoms with Gasteiger partial charge in [0.25, 0.3) is 0 Å². The summed E-state index contributed by atoms with van der Waals surface area (Å²) in [6.45, 7) is 6.27. The van der Waals surface area contributed by atoms with E-state index >= 15 is 0 Å². The summed E-state index contributed by atoms with van der Waals surface area (Å²) in [7, 11) is 0. The first-order chi connectivity index (χ1) is 20.5. The van der Waals surface area contributed by atoms with E-state index in [4.69, 9.17) is 4.74 Å². The molecule has 0 spiro atoms. The number of hydrogen-bond acceptors (Lipinski definition) is 2. The Hall–Kier alpha value is -3.92. The van der Waals surface area contributed by atoms with Gasteiger partial charge in [0.15, 0.2) is 0 Å². The normalized spacial score (nSPS) is 16.7. The second-order valence-corrected chi connectivity index (χ2v) is 11.6. The third-order valence-electron chi connectivity index (χ3n) is 8.73. The molecule has 1 saturated carbocycles. The summed E-state index contributed by atoms with van der Waals surface area (Å²) in [4.78, 5) is 11.2. The van der Waals surface area contributed by atoms with Crippen LogP contribution in [0.1, 0.15) is 69.8 Å². The van der Waals surface area contributed by atoms with Gasteiger partial charge < -0.3 is 10.1 Å². The van der Waals surface area contributed by atoms with Gasteiger partial charge in [-0.1, -0.05) is 87.7 Å². The maximum absolute atomic E-state index is 15.0. The number of carbonyl (C=O) groups is 1. The fourth-order valence-electron chi connectivity index (χ4n) is 6.24. The molecule has 5 rings (SSSR count). The molecule has 0 bridgehead atoms. The Balaban J connectivity index is 1.21. The van der Waals surface area contributed by atoms with Gasteiger partial charge in [0, 0.05) is 11.6 Å². The lowest BCUT2D eigenvalue weighted by atomic mass is 9.77. The number of unbranched alkanes of at least 4 members (excludes halogenated alkanes) is 2. The van der Waals surface area contributed by atoms with Crippen molar-refractivity contribution in [3.8, 4) is 28.0 Å². The maximum atomic E-state index is 15.0. The molecular weight excluding hydrogens is 521 g/mol. The van der Waals surface area contributed by atoms with Crippen LogP contribution < -0.4 is 10.1 Å². The van der Waals surface area contributed by atoms with Crippen molar-refractivity contribution in [2.75, 3.05) is 13.2 Å². The standard InChI is InChI=1S/C38H42FNO2/c1-3-5-6-7-27-8-10-28(11-9-27)29-12-14-30(15-13-29)31-16-17-33-25-34(19-18-32(33)24-31)36-21-20-35(26-37(36)39)42-23-22-40-38(41)4-2/h4,12-21,24-28H,2-3,5-11,22-23H2,1H3,(H,40,41).